The van der Waals surface area contributed by atoms with E-state index in [1.165, 1.54) is 18.2 Å². The van der Waals surface area contributed by atoms with Crippen LogP contribution in [0.25, 0.3) is 0 Å². The highest BCUT2D eigenvalue weighted by molar-refractivity contribution is 6.31. The molecule has 5 atom stereocenters. The number of rotatable bonds is 4. The molecular weight excluding hydrogens is 449 g/mol. The van der Waals surface area contributed by atoms with E-state index in [-0.39, 0.29) is 23.3 Å². The van der Waals surface area contributed by atoms with Crippen LogP contribution in [-0.4, -0.2) is 23.5 Å². The second-order valence-electron chi connectivity index (χ2n) is 8.59. The standard InChI is InChI=1S/C25H24ClF3N4/c26-19-12-17(5-7-20(19)27)31-25-18-10-14(15-3-6-21(28)22(29)11-15)4-8-23(18)32-24(33-25)16-2-1-9-30-13-16/h1-3,5-7,9,11-14,21-22,24-25,31-33H,4,8,10H2/t14-,21?,22+,24?,25+/m1/s1. The molecule has 2 aliphatic carbocycles. The highest BCUT2D eigenvalue weighted by atomic mass is 35.5. The molecular formula is C25H24ClF3N4. The molecule has 5 rings (SSSR count). The summed E-state index contributed by atoms with van der Waals surface area (Å²) in [6.45, 7) is 0. The van der Waals surface area contributed by atoms with E-state index in [4.69, 9.17) is 11.6 Å². The Balaban J connectivity index is 1.44. The van der Waals surface area contributed by atoms with E-state index < -0.39 is 18.2 Å². The van der Waals surface area contributed by atoms with E-state index in [0.717, 1.165) is 35.2 Å². The molecule has 3 N–H and O–H groups in total. The minimum Gasteiger partial charge on any atom is -0.369 e. The average molecular weight is 473 g/mol. The first-order valence-corrected chi connectivity index (χ1v) is 11.4. The Bertz CT molecular complexity index is 1120. The van der Waals surface area contributed by atoms with Gasteiger partial charge in [0.05, 0.1) is 5.02 Å². The molecule has 33 heavy (non-hydrogen) atoms. The second kappa shape index (κ2) is 9.23. The number of hydrogen-bond donors (Lipinski definition) is 3. The summed E-state index contributed by atoms with van der Waals surface area (Å²) in [5, 5.41) is 10.6. The van der Waals surface area contributed by atoms with Gasteiger partial charge in [-0.25, -0.2) is 13.2 Å². The third-order valence-electron chi connectivity index (χ3n) is 6.45. The second-order valence-corrected chi connectivity index (χ2v) is 9.00. The number of halogens is 4. The van der Waals surface area contributed by atoms with E-state index in [2.05, 4.69) is 20.9 Å². The van der Waals surface area contributed by atoms with Crippen molar-refractivity contribution in [3.8, 4) is 0 Å². The molecule has 1 aromatic heterocycles. The van der Waals surface area contributed by atoms with Crippen molar-refractivity contribution in [3.63, 3.8) is 0 Å². The molecule has 0 saturated heterocycles. The number of nitrogens with one attached hydrogen (secondary N) is 3. The average Bonchev–Trinajstić information content (AvgIpc) is 2.83. The van der Waals surface area contributed by atoms with Gasteiger partial charge in [0.1, 0.15) is 18.1 Å². The lowest BCUT2D eigenvalue weighted by Gasteiger charge is -2.42. The van der Waals surface area contributed by atoms with Crippen LogP contribution < -0.4 is 16.0 Å². The minimum atomic E-state index is -1.60. The zero-order valence-corrected chi connectivity index (χ0v) is 18.5. The van der Waals surface area contributed by atoms with Crippen molar-refractivity contribution in [3.05, 3.63) is 94.2 Å². The Morgan fingerprint density at radius 1 is 1.15 bits per heavy atom. The van der Waals surface area contributed by atoms with Gasteiger partial charge >= 0.3 is 0 Å². The molecule has 172 valence electrons. The number of hydrogen-bond acceptors (Lipinski definition) is 4. The smallest absolute Gasteiger partial charge is 0.154 e. The van der Waals surface area contributed by atoms with Gasteiger partial charge in [0.15, 0.2) is 12.3 Å². The van der Waals surface area contributed by atoms with Gasteiger partial charge in [-0.2, -0.15) is 0 Å². The van der Waals surface area contributed by atoms with Crippen molar-refractivity contribution in [1.82, 2.24) is 15.6 Å². The number of pyridine rings is 1. The summed E-state index contributed by atoms with van der Waals surface area (Å²) in [5.41, 5.74) is 4.73. The Morgan fingerprint density at radius 3 is 2.79 bits per heavy atom. The van der Waals surface area contributed by atoms with Crippen LogP contribution >= 0.6 is 11.6 Å². The molecule has 0 bridgehead atoms. The van der Waals surface area contributed by atoms with Gasteiger partial charge in [-0.1, -0.05) is 23.7 Å². The Labute approximate surface area is 195 Å². The summed E-state index contributed by atoms with van der Waals surface area (Å²) in [4.78, 5) is 4.22. The summed E-state index contributed by atoms with van der Waals surface area (Å²) >= 11 is 5.99. The topological polar surface area (TPSA) is 49.0 Å². The third-order valence-corrected chi connectivity index (χ3v) is 6.73. The van der Waals surface area contributed by atoms with Crippen molar-refractivity contribution in [1.29, 1.82) is 0 Å². The highest BCUT2D eigenvalue weighted by Gasteiger charge is 2.35. The van der Waals surface area contributed by atoms with Crippen LogP contribution in [0.15, 0.2) is 77.8 Å². The van der Waals surface area contributed by atoms with E-state index >= 15 is 0 Å². The first-order valence-electron chi connectivity index (χ1n) is 11.0. The molecule has 0 spiro atoms. The summed E-state index contributed by atoms with van der Waals surface area (Å²) in [6.07, 6.45) is 6.63. The lowest BCUT2D eigenvalue weighted by molar-refractivity contribution is 0.242. The molecule has 2 heterocycles. The fraction of sp³-hybridized carbons (Fsp3) is 0.320. The van der Waals surface area contributed by atoms with E-state index in [1.807, 2.05) is 12.1 Å². The number of nitrogens with zero attached hydrogens (tertiary/aromatic N) is 1. The lowest BCUT2D eigenvalue weighted by Crippen LogP contribution is -2.51. The number of allylic oxidation sites excluding steroid dienone is 5. The van der Waals surface area contributed by atoms with Gasteiger partial charge in [-0.3, -0.25) is 10.3 Å². The SMILES string of the molecule is Fc1ccc(N[C@H]2NC(c3cccnc3)NC3=C2C[C@H](C2=C[C@H](F)C(F)C=C2)CC3)cc1Cl. The fourth-order valence-electron chi connectivity index (χ4n) is 4.71. The molecule has 0 radical (unpaired) electrons. The highest BCUT2D eigenvalue weighted by Crippen LogP contribution is 2.39. The van der Waals surface area contributed by atoms with E-state index in [1.54, 1.807) is 30.6 Å². The molecule has 0 saturated carbocycles. The first-order chi connectivity index (χ1) is 16.0. The molecule has 4 nitrogen and oxygen atoms in total. The van der Waals surface area contributed by atoms with Crippen molar-refractivity contribution < 1.29 is 13.2 Å². The summed E-state index contributed by atoms with van der Waals surface area (Å²) in [5.74, 6) is -0.389. The van der Waals surface area contributed by atoms with Crippen molar-refractivity contribution >= 4 is 17.3 Å². The summed E-state index contributed by atoms with van der Waals surface area (Å²) in [6, 6.07) is 8.41. The van der Waals surface area contributed by atoms with Crippen LogP contribution in [0.5, 0.6) is 0 Å². The Kier molecular flexibility index (Phi) is 6.17. The maximum absolute atomic E-state index is 14.0. The quantitative estimate of drug-likeness (QED) is 0.532. The van der Waals surface area contributed by atoms with Gasteiger partial charge in [-0.05, 0) is 72.7 Å². The zero-order chi connectivity index (χ0) is 22.9. The van der Waals surface area contributed by atoms with Crippen LogP contribution in [-0.2, 0) is 0 Å². The molecule has 0 fully saturated rings. The number of anilines is 1. The van der Waals surface area contributed by atoms with Crippen LogP contribution in [0, 0.1) is 11.7 Å². The van der Waals surface area contributed by atoms with Crippen LogP contribution in [0.1, 0.15) is 31.0 Å². The van der Waals surface area contributed by atoms with Crippen molar-refractivity contribution in [2.75, 3.05) is 5.32 Å². The molecule has 8 heteroatoms. The molecule has 2 aromatic rings. The van der Waals surface area contributed by atoms with E-state index in [0.29, 0.717) is 12.1 Å². The maximum atomic E-state index is 14.0. The van der Waals surface area contributed by atoms with Gasteiger partial charge in [0.25, 0.3) is 0 Å². The normalized spacial score (nSPS) is 29.2. The molecule has 1 aromatic carbocycles. The minimum absolute atomic E-state index is 0.0423. The summed E-state index contributed by atoms with van der Waals surface area (Å²) < 4.78 is 41.2. The third kappa shape index (κ3) is 4.66. The van der Waals surface area contributed by atoms with Crippen LogP contribution in [0.2, 0.25) is 5.02 Å². The molecule has 3 aliphatic rings. The fourth-order valence-corrected chi connectivity index (χ4v) is 4.90. The van der Waals surface area contributed by atoms with Gasteiger partial charge in [0.2, 0.25) is 0 Å². The maximum Gasteiger partial charge on any atom is 0.154 e. The largest absolute Gasteiger partial charge is 0.369 e. The molecule has 0 amide bonds. The number of alkyl halides is 2. The predicted octanol–water partition coefficient (Wildman–Crippen LogP) is 5.73. The Morgan fingerprint density at radius 2 is 2.03 bits per heavy atom. The summed E-state index contributed by atoms with van der Waals surface area (Å²) in [7, 11) is 0. The first kappa shape index (κ1) is 22.0. The van der Waals surface area contributed by atoms with Crippen molar-refractivity contribution in [2.24, 2.45) is 5.92 Å². The molecule has 2 unspecified atom stereocenters. The Hall–Kier alpha value is -2.77. The predicted molar refractivity (Wildman–Crippen MR) is 123 cm³/mol. The van der Waals surface area contributed by atoms with Crippen LogP contribution in [0.4, 0.5) is 18.9 Å². The monoisotopic (exact) mass is 472 g/mol. The van der Waals surface area contributed by atoms with Crippen molar-refractivity contribution in [2.45, 2.75) is 43.9 Å². The number of aromatic nitrogens is 1. The van der Waals surface area contributed by atoms with Gasteiger partial charge in [0, 0.05) is 29.3 Å². The number of benzene rings is 1. The molecule has 1 aliphatic heterocycles. The van der Waals surface area contributed by atoms with Gasteiger partial charge in [-0.15, -0.1) is 0 Å². The zero-order valence-electron chi connectivity index (χ0n) is 17.7. The lowest BCUT2D eigenvalue weighted by atomic mass is 9.78. The van der Waals surface area contributed by atoms with E-state index in [9.17, 15) is 13.2 Å². The van der Waals surface area contributed by atoms with Crippen LogP contribution in [0.3, 0.4) is 0 Å². The van der Waals surface area contributed by atoms with Gasteiger partial charge < -0.3 is 10.6 Å².